The topological polar surface area (TPSA) is 96.9 Å². The summed E-state index contributed by atoms with van der Waals surface area (Å²) in [7, 11) is 1.62. The summed E-state index contributed by atoms with van der Waals surface area (Å²) in [6.45, 7) is 7.61. The predicted molar refractivity (Wildman–Crippen MR) is 158 cm³/mol. The number of methoxy groups -OCH3 is 1. The standard InChI is InChI=1S/C32H34ClN3O5/c1-5-40-27-16-21(8-13-26(27)41-15-14-19(2)3)31-28-29(24-17-22(33)9-12-25(24)37)34-35-30(28)32(38)36(31)18-20-6-10-23(39-4)11-7-20/h6-13,16-17,19,31,37H,5,14-15,18H2,1-4H3,(H,34,35). The van der Waals surface area contributed by atoms with Gasteiger partial charge in [0.05, 0.1) is 26.4 Å². The SMILES string of the molecule is CCOc1cc(C2c3c(-c4cc(Cl)ccc4O)n[nH]c3C(=O)N2Cc2ccc(OC)cc2)ccc1OCCC(C)C. The molecule has 214 valence electrons. The number of phenolic OH excluding ortho intramolecular Hbond substituents is 1. The minimum Gasteiger partial charge on any atom is -0.507 e. The van der Waals surface area contributed by atoms with Gasteiger partial charge in [0.2, 0.25) is 0 Å². The van der Waals surface area contributed by atoms with Gasteiger partial charge in [0.25, 0.3) is 5.91 Å². The Morgan fingerprint density at radius 1 is 1.05 bits per heavy atom. The third kappa shape index (κ3) is 5.84. The zero-order valence-corrected chi connectivity index (χ0v) is 24.4. The van der Waals surface area contributed by atoms with E-state index in [9.17, 15) is 9.90 Å². The van der Waals surface area contributed by atoms with E-state index >= 15 is 0 Å². The van der Waals surface area contributed by atoms with Gasteiger partial charge in [-0.2, -0.15) is 5.10 Å². The first-order chi connectivity index (χ1) is 19.8. The van der Waals surface area contributed by atoms with E-state index in [1.165, 1.54) is 6.07 Å². The lowest BCUT2D eigenvalue weighted by molar-refractivity contribution is 0.0729. The number of benzene rings is 3. The van der Waals surface area contributed by atoms with Crippen LogP contribution in [-0.4, -0.2) is 46.4 Å². The number of nitrogens with one attached hydrogen (secondary N) is 1. The number of phenols is 1. The Hall–Kier alpha value is -4.17. The second kappa shape index (κ2) is 12.1. The number of carbonyl (C=O) groups excluding carboxylic acids is 1. The molecule has 9 heteroatoms. The Bertz CT molecular complexity index is 1530. The van der Waals surface area contributed by atoms with E-state index in [4.69, 9.17) is 25.8 Å². The summed E-state index contributed by atoms with van der Waals surface area (Å²) in [4.78, 5) is 15.7. The van der Waals surface area contributed by atoms with Crippen LogP contribution < -0.4 is 14.2 Å². The van der Waals surface area contributed by atoms with Gasteiger partial charge in [-0.25, -0.2) is 0 Å². The number of halogens is 1. The molecule has 1 amide bonds. The zero-order valence-electron chi connectivity index (χ0n) is 23.6. The van der Waals surface area contributed by atoms with Crippen LogP contribution in [0.3, 0.4) is 0 Å². The van der Waals surface area contributed by atoms with E-state index in [2.05, 4.69) is 24.0 Å². The van der Waals surface area contributed by atoms with Crippen molar-refractivity contribution in [3.05, 3.63) is 88.1 Å². The van der Waals surface area contributed by atoms with Gasteiger partial charge in [0.1, 0.15) is 22.9 Å². The van der Waals surface area contributed by atoms with Crippen molar-refractivity contribution in [2.45, 2.75) is 39.8 Å². The number of carbonyl (C=O) groups is 1. The van der Waals surface area contributed by atoms with Gasteiger partial charge in [-0.15, -0.1) is 0 Å². The highest BCUT2D eigenvalue weighted by molar-refractivity contribution is 6.31. The first-order valence-corrected chi connectivity index (χ1v) is 14.1. The van der Waals surface area contributed by atoms with Crippen molar-refractivity contribution in [1.82, 2.24) is 15.1 Å². The number of ether oxygens (including phenoxy) is 3. The Morgan fingerprint density at radius 2 is 1.83 bits per heavy atom. The predicted octanol–water partition coefficient (Wildman–Crippen LogP) is 7.01. The van der Waals surface area contributed by atoms with Crippen LogP contribution in [0.25, 0.3) is 11.3 Å². The quantitative estimate of drug-likeness (QED) is 0.200. The van der Waals surface area contributed by atoms with Gasteiger partial charge in [-0.3, -0.25) is 9.89 Å². The molecule has 2 N–H and O–H groups in total. The Balaban J connectivity index is 1.61. The summed E-state index contributed by atoms with van der Waals surface area (Å²) in [6.07, 6.45) is 0.922. The van der Waals surface area contributed by atoms with E-state index < -0.39 is 6.04 Å². The summed E-state index contributed by atoms with van der Waals surface area (Å²) < 4.78 is 17.4. The highest BCUT2D eigenvalue weighted by atomic mass is 35.5. The van der Waals surface area contributed by atoms with Crippen LogP contribution in [-0.2, 0) is 6.54 Å². The van der Waals surface area contributed by atoms with Crippen LogP contribution in [0.2, 0.25) is 5.02 Å². The summed E-state index contributed by atoms with van der Waals surface area (Å²) in [6, 6.07) is 17.7. The molecule has 0 bridgehead atoms. The van der Waals surface area contributed by atoms with Crippen molar-refractivity contribution in [2.24, 2.45) is 5.92 Å². The van der Waals surface area contributed by atoms with Gasteiger partial charge in [-0.1, -0.05) is 43.6 Å². The number of nitrogens with zero attached hydrogens (tertiary/aromatic N) is 2. The molecule has 1 aromatic heterocycles. The summed E-state index contributed by atoms with van der Waals surface area (Å²) in [5.41, 5.74) is 3.70. The molecular formula is C32H34ClN3O5. The molecule has 3 aromatic carbocycles. The van der Waals surface area contributed by atoms with Gasteiger partial charge in [0.15, 0.2) is 11.5 Å². The van der Waals surface area contributed by atoms with E-state index in [0.29, 0.717) is 64.7 Å². The molecule has 0 aliphatic carbocycles. The molecule has 5 rings (SSSR count). The Kier molecular flexibility index (Phi) is 8.40. The van der Waals surface area contributed by atoms with E-state index in [0.717, 1.165) is 23.3 Å². The van der Waals surface area contributed by atoms with Crippen LogP contribution >= 0.6 is 11.6 Å². The summed E-state index contributed by atoms with van der Waals surface area (Å²) >= 11 is 6.29. The molecule has 1 atom stereocenters. The molecule has 0 radical (unpaired) electrons. The van der Waals surface area contributed by atoms with E-state index in [-0.39, 0.29) is 11.7 Å². The lowest BCUT2D eigenvalue weighted by Crippen LogP contribution is -2.29. The second-order valence-electron chi connectivity index (χ2n) is 10.4. The molecule has 4 aromatic rings. The van der Waals surface area contributed by atoms with Crippen molar-refractivity contribution < 1.29 is 24.1 Å². The minimum atomic E-state index is -0.518. The molecule has 0 saturated carbocycles. The van der Waals surface area contributed by atoms with Crippen LogP contribution in [0.1, 0.15) is 60.4 Å². The highest BCUT2D eigenvalue weighted by Crippen LogP contribution is 2.47. The molecule has 1 aliphatic rings. The van der Waals surface area contributed by atoms with E-state index in [1.807, 2.05) is 49.4 Å². The second-order valence-corrected chi connectivity index (χ2v) is 10.8. The molecule has 1 unspecified atom stereocenters. The average Bonchev–Trinajstić information content (AvgIpc) is 3.50. The molecule has 0 fully saturated rings. The normalized spacial score (nSPS) is 14.4. The van der Waals surface area contributed by atoms with Crippen molar-refractivity contribution in [1.29, 1.82) is 0 Å². The smallest absolute Gasteiger partial charge is 0.273 e. The molecular weight excluding hydrogens is 542 g/mol. The van der Waals surface area contributed by atoms with Crippen molar-refractivity contribution >= 4 is 17.5 Å². The number of rotatable bonds is 11. The molecule has 2 heterocycles. The largest absolute Gasteiger partial charge is 0.507 e. The number of H-pyrrole nitrogens is 1. The fraction of sp³-hybridized carbons (Fsp3) is 0.312. The lowest BCUT2D eigenvalue weighted by Gasteiger charge is -2.27. The summed E-state index contributed by atoms with van der Waals surface area (Å²) in [5.74, 6) is 2.34. The number of amides is 1. The number of aromatic hydroxyl groups is 1. The van der Waals surface area contributed by atoms with Gasteiger partial charge in [-0.05, 0) is 72.9 Å². The lowest BCUT2D eigenvalue weighted by atomic mass is 9.95. The summed E-state index contributed by atoms with van der Waals surface area (Å²) in [5, 5.41) is 18.6. The maximum Gasteiger partial charge on any atom is 0.273 e. The number of fused-ring (bicyclic) bond motifs is 1. The maximum atomic E-state index is 13.9. The first-order valence-electron chi connectivity index (χ1n) is 13.7. The third-order valence-electron chi connectivity index (χ3n) is 7.13. The van der Waals surface area contributed by atoms with Crippen LogP contribution in [0, 0.1) is 5.92 Å². The zero-order chi connectivity index (χ0) is 29.1. The van der Waals surface area contributed by atoms with Gasteiger partial charge in [0, 0.05) is 22.7 Å². The molecule has 1 aliphatic heterocycles. The van der Waals surface area contributed by atoms with Crippen molar-refractivity contribution in [3.63, 3.8) is 0 Å². The molecule has 0 saturated heterocycles. The molecule has 0 spiro atoms. The minimum absolute atomic E-state index is 0.0207. The molecule has 41 heavy (non-hydrogen) atoms. The number of aromatic nitrogens is 2. The first kappa shape index (κ1) is 28.4. The van der Waals surface area contributed by atoms with Crippen molar-refractivity contribution in [2.75, 3.05) is 20.3 Å². The number of hydrogen-bond donors (Lipinski definition) is 2. The van der Waals surface area contributed by atoms with Gasteiger partial charge < -0.3 is 24.2 Å². The monoisotopic (exact) mass is 575 g/mol. The van der Waals surface area contributed by atoms with Crippen LogP contribution in [0.4, 0.5) is 0 Å². The average molecular weight is 576 g/mol. The number of hydrogen-bond acceptors (Lipinski definition) is 6. The number of aromatic amines is 1. The van der Waals surface area contributed by atoms with Crippen molar-refractivity contribution in [3.8, 4) is 34.3 Å². The fourth-order valence-corrected chi connectivity index (χ4v) is 5.20. The Morgan fingerprint density at radius 3 is 2.54 bits per heavy atom. The third-order valence-corrected chi connectivity index (χ3v) is 7.36. The molecule has 8 nitrogen and oxygen atoms in total. The Labute approximate surface area is 244 Å². The highest BCUT2D eigenvalue weighted by Gasteiger charge is 2.43. The van der Waals surface area contributed by atoms with Crippen LogP contribution in [0.5, 0.6) is 23.0 Å². The van der Waals surface area contributed by atoms with E-state index in [1.54, 1.807) is 24.1 Å². The fourth-order valence-electron chi connectivity index (χ4n) is 5.02. The maximum absolute atomic E-state index is 13.9. The van der Waals surface area contributed by atoms with Gasteiger partial charge >= 0.3 is 0 Å². The van der Waals surface area contributed by atoms with Crippen LogP contribution in [0.15, 0.2) is 60.7 Å².